The van der Waals surface area contributed by atoms with E-state index in [4.69, 9.17) is 9.47 Å². The van der Waals surface area contributed by atoms with Gasteiger partial charge < -0.3 is 14.6 Å². The number of benzene rings is 3. The Labute approximate surface area is 198 Å². The number of aliphatic hydroxyl groups is 1. The fraction of sp³-hybridized carbons (Fsp3) is 0.143. The van der Waals surface area contributed by atoms with Crippen molar-refractivity contribution < 1.29 is 24.2 Å². The predicted octanol–water partition coefficient (Wildman–Crippen LogP) is 5.19. The van der Waals surface area contributed by atoms with Crippen LogP contribution in [0, 0.1) is 6.92 Å². The first kappa shape index (κ1) is 22.9. The van der Waals surface area contributed by atoms with Gasteiger partial charge in [-0.05, 0) is 54.0 Å². The lowest BCUT2D eigenvalue weighted by molar-refractivity contribution is -0.117. The monoisotopic (exact) mass is 455 g/mol. The number of hydrogen-bond acceptors (Lipinski definition) is 5. The van der Waals surface area contributed by atoms with Crippen molar-refractivity contribution in [1.82, 2.24) is 0 Å². The molecule has 1 unspecified atom stereocenters. The van der Waals surface area contributed by atoms with Gasteiger partial charge >= 0.3 is 0 Å². The standard InChI is InChI=1S/C28H25NO5/c1-18-8-7-11-21(16-18)29-26(20-13-15-23(33-2)24(17-20)34-3)25(27(31)28(29)32)22(30)14-12-19-9-5-4-6-10-19/h4-17,26,31H,1-3H3. The number of anilines is 1. The lowest BCUT2D eigenvalue weighted by Gasteiger charge is -2.27. The summed E-state index contributed by atoms with van der Waals surface area (Å²) in [6.07, 6.45) is 3.04. The zero-order valence-corrected chi connectivity index (χ0v) is 19.2. The second-order valence-corrected chi connectivity index (χ2v) is 7.90. The second-order valence-electron chi connectivity index (χ2n) is 7.90. The third kappa shape index (κ3) is 4.30. The number of nitrogens with zero attached hydrogens (tertiary/aromatic N) is 1. The van der Waals surface area contributed by atoms with Crippen LogP contribution in [-0.4, -0.2) is 31.0 Å². The van der Waals surface area contributed by atoms with E-state index in [1.165, 1.54) is 25.2 Å². The largest absolute Gasteiger partial charge is 0.503 e. The Balaban J connectivity index is 1.83. The fourth-order valence-electron chi connectivity index (χ4n) is 4.07. The Morgan fingerprint density at radius 3 is 2.35 bits per heavy atom. The van der Waals surface area contributed by atoms with Crippen molar-refractivity contribution in [3.8, 4) is 11.5 Å². The molecule has 172 valence electrons. The molecule has 0 spiro atoms. The normalized spacial score (nSPS) is 15.8. The zero-order valence-electron chi connectivity index (χ0n) is 19.2. The molecule has 1 aliphatic heterocycles. The number of amides is 1. The summed E-state index contributed by atoms with van der Waals surface area (Å²) in [6, 6.07) is 21.0. The molecule has 0 aliphatic carbocycles. The van der Waals surface area contributed by atoms with E-state index in [1.807, 2.05) is 55.5 Å². The maximum Gasteiger partial charge on any atom is 0.294 e. The molecule has 0 saturated carbocycles. The van der Waals surface area contributed by atoms with Crippen molar-refractivity contribution in [2.45, 2.75) is 13.0 Å². The van der Waals surface area contributed by atoms with E-state index >= 15 is 0 Å². The van der Waals surface area contributed by atoms with E-state index < -0.39 is 23.5 Å². The number of carbonyl (C=O) groups is 2. The van der Waals surface area contributed by atoms with E-state index in [0.29, 0.717) is 22.7 Å². The van der Waals surface area contributed by atoms with Gasteiger partial charge in [0, 0.05) is 5.69 Å². The summed E-state index contributed by atoms with van der Waals surface area (Å²) in [4.78, 5) is 28.0. The molecule has 3 aromatic rings. The van der Waals surface area contributed by atoms with E-state index in [0.717, 1.165) is 11.1 Å². The van der Waals surface area contributed by atoms with Gasteiger partial charge in [-0.25, -0.2) is 0 Å². The van der Waals surface area contributed by atoms with Crippen molar-refractivity contribution in [2.75, 3.05) is 19.1 Å². The zero-order chi connectivity index (χ0) is 24.2. The number of carbonyl (C=O) groups excluding carboxylic acids is 2. The van der Waals surface area contributed by atoms with Gasteiger partial charge in [0.1, 0.15) is 0 Å². The Kier molecular flexibility index (Phi) is 6.50. The van der Waals surface area contributed by atoms with Crippen LogP contribution < -0.4 is 14.4 Å². The summed E-state index contributed by atoms with van der Waals surface area (Å²) in [5, 5.41) is 10.9. The molecule has 0 saturated heterocycles. The Morgan fingerprint density at radius 2 is 1.68 bits per heavy atom. The lowest BCUT2D eigenvalue weighted by atomic mass is 9.94. The van der Waals surface area contributed by atoms with Crippen LogP contribution in [0.2, 0.25) is 0 Å². The van der Waals surface area contributed by atoms with Gasteiger partial charge in [0.2, 0.25) is 0 Å². The van der Waals surface area contributed by atoms with Gasteiger partial charge in [-0.2, -0.15) is 0 Å². The molecule has 0 aromatic heterocycles. The predicted molar refractivity (Wildman–Crippen MR) is 131 cm³/mol. The number of hydrogen-bond donors (Lipinski definition) is 1. The molecule has 1 N–H and O–H groups in total. The average molecular weight is 456 g/mol. The van der Waals surface area contributed by atoms with Gasteiger partial charge in [-0.15, -0.1) is 0 Å². The molecular weight excluding hydrogens is 430 g/mol. The first-order valence-corrected chi connectivity index (χ1v) is 10.8. The van der Waals surface area contributed by atoms with E-state index in [9.17, 15) is 14.7 Å². The first-order chi connectivity index (χ1) is 16.4. The van der Waals surface area contributed by atoms with Gasteiger partial charge in [-0.3, -0.25) is 14.5 Å². The summed E-state index contributed by atoms with van der Waals surface area (Å²) in [7, 11) is 3.05. The Morgan fingerprint density at radius 1 is 0.941 bits per heavy atom. The highest BCUT2D eigenvalue weighted by atomic mass is 16.5. The lowest BCUT2D eigenvalue weighted by Crippen LogP contribution is -2.31. The Bertz CT molecular complexity index is 1290. The van der Waals surface area contributed by atoms with Crippen LogP contribution in [0.1, 0.15) is 22.7 Å². The van der Waals surface area contributed by atoms with Crippen molar-refractivity contribution in [3.63, 3.8) is 0 Å². The van der Waals surface area contributed by atoms with Crippen LogP contribution in [-0.2, 0) is 9.59 Å². The van der Waals surface area contributed by atoms with Crippen molar-refractivity contribution in [2.24, 2.45) is 0 Å². The van der Waals surface area contributed by atoms with Crippen LogP contribution in [0.3, 0.4) is 0 Å². The molecule has 0 fully saturated rings. The molecule has 1 aliphatic rings. The number of methoxy groups -OCH3 is 2. The number of ether oxygens (including phenoxy) is 2. The molecule has 0 bridgehead atoms. The topological polar surface area (TPSA) is 76.1 Å². The minimum Gasteiger partial charge on any atom is -0.503 e. The fourth-order valence-corrected chi connectivity index (χ4v) is 4.07. The minimum atomic E-state index is -0.845. The molecule has 4 rings (SSSR count). The average Bonchev–Trinajstić information content (AvgIpc) is 3.13. The molecule has 1 heterocycles. The number of ketones is 1. The van der Waals surface area contributed by atoms with Crippen molar-refractivity contribution >= 4 is 23.5 Å². The molecule has 3 aromatic carbocycles. The summed E-state index contributed by atoms with van der Waals surface area (Å²) in [5.74, 6) is -0.687. The van der Waals surface area contributed by atoms with E-state index in [2.05, 4.69) is 0 Å². The molecule has 6 nitrogen and oxygen atoms in total. The molecule has 34 heavy (non-hydrogen) atoms. The summed E-state index contributed by atoms with van der Waals surface area (Å²) in [5.41, 5.74) is 2.96. The van der Waals surface area contributed by atoms with Gasteiger partial charge in [-0.1, -0.05) is 54.6 Å². The quantitative estimate of drug-likeness (QED) is 0.496. The summed E-state index contributed by atoms with van der Waals surface area (Å²) in [6.45, 7) is 1.91. The van der Waals surface area contributed by atoms with Crippen LogP contribution in [0.5, 0.6) is 11.5 Å². The molecule has 1 atom stereocenters. The van der Waals surface area contributed by atoms with Gasteiger partial charge in [0.05, 0.1) is 25.8 Å². The third-order valence-electron chi connectivity index (χ3n) is 5.70. The van der Waals surface area contributed by atoms with Crippen LogP contribution in [0.4, 0.5) is 5.69 Å². The van der Waals surface area contributed by atoms with Crippen LogP contribution in [0.15, 0.2) is 90.2 Å². The Hall–Kier alpha value is -4.32. The highest BCUT2D eigenvalue weighted by Crippen LogP contribution is 2.43. The maximum atomic E-state index is 13.3. The van der Waals surface area contributed by atoms with Crippen molar-refractivity contribution in [3.05, 3.63) is 107 Å². The third-order valence-corrected chi connectivity index (χ3v) is 5.70. The molecular formula is C28H25NO5. The smallest absolute Gasteiger partial charge is 0.294 e. The molecule has 1 amide bonds. The summed E-state index contributed by atoms with van der Waals surface area (Å²) < 4.78 is 10.8. The van der Waals surface area contributed by atoms with Crippen LogP contribution >= 0.6 is 0 Å². The molecule has 6 heteroatoms. The van der Waals surface area contributed by atoms with E-state index in [-0.39, 0.29) is 5.57 Å². The highest BCUT2D eigenvalue weighted by Gasteiger charge is 2.44. The van der Waals surface area contributed by atoms with Gasteiger partial charge in [0.15, 0.2) is 23.0 Å². The first-order valence-electron chi connectivity index (χ1n) is 10.8. The number of aliphatic hydroxyl groups excluding tert-OH is 1. The number of aryl methyl sites for hydroxylation is 1. The SMILES string of the molecule is COc1ccc(C2C(C(=O)C=Cc3ccccc3)=C(O)C(=O)N2c2cccc(C)c2)cc1OC. The number of allylic oxidation sites excluding steroid dienone is 1. The minimum absolute atomic E-state index is 0.00547. The summed E-state index contributed by atoms with van der Waals surface area (Å²) >= 11 is 0. The van der Waals surface area contributed by atoms with Gasteiger partial charge in [0.25, 0.3) is 5.91 Å². The van der Waals surface area contributed by atoms with E-state index in [1.54, 1.807) is 30.3 Å². The number of rotatable bonds is 7. The maximum absolute atomic E-state index is 13.3. The molecule has 0 radical (unpaired) electrons. The van der Waals surface area contributed by atoms with Crippen molar-refractivity contribution in [1.29, 1.82) is 0 Å². The van der Waals surface area contributed by atoms with Crippen LogP contribution in [0.25, 0.3) is 6.08 Å². The second kappa shape index (κ2) is 9.67. The highest BCUT2D eigenvalue weighted by molar-refractivity contribution is 6.19.